The summed E-state index contributed by atoms with van der Waals surface area (Å²) in [6.45, 7) is 6.20. The van der Waals surface area contributed by atoms with Crippen LogP contribution in [0.25, 0.3) is 11.3 Å². The Hall–Kier alpha value is -4.10. The van der Waals surface area contributed by atoms with Gasteiger partial charge in [0.1, 0.15) is 28.5 Å². The fourth-order valence-corrected chi connectivity index (χ4v) is 5.80. The van der Waals surface area contributed by atoms with Crippen LogP contribution in [0.2, 0.25) is 0 Å². The fraction of sp³-hybridized carbons (Fsp3) is 0.481. The summed E-state index contributed by atoms with van der Waals surface area (Å²) in [5, 5.41) is 8.67. The molecule has 41 heavy (non-hydrogen) atoms. The van der Waals surface area contributed by atoms with E-state index in [9.17, 15) is 27.2 Å². The number of nitrogen functional groups attached to an aromatic ring is 1. The van der Waals surface area contributed by atoms with Crippen molar-refractivity contribution in [1.82, 2.24) is 24.5 Å². The highest BCUT2D eigenvalue weighted by molar-refractivity contribution is 6.03. The summed E-state index contributed by atoms with van der Waals surface area (Å²) in [6.07, 6.45) is -0.347. The molecule has 10 nitrogen and oxygen atoms in total. The van der Waals surface area contributed by atoms with Crippen molar-refractivity contribution in [3.05, 3.63) is 53.1 Å². The lowest BCUT2D eigenvalue weighted by atomic mass is 9.65. The molecule has 4 N–H and O–H groups in total. The van der Waals surface area contributed by atoms with E-state index in [1.807, 2.05) is 20.8 Å². The van der Waals surface area contributed by atoms with Crippen LogP contribution in [0.5, 0.6) is 0 Å². The first kappa shape index (κ1) is 28.4. The minimum Gasteiger partial charge on any atom is -0.444 e. The number of anilines is 1. The van der Waals surface area contributed by atoms with Gasteiger partial charge in [0.05, 0.1) is 24.3 Å². The summed E-state index contributed by atoms with van der Waals surface area (Å²) in [4.78, 5) is 26.6. The number of benzene rings is 1. The topological polar surface area (TPSA) is 134 Å². The summed E-state index contributed by atoms with van der Waals surface area (Å²) in [7, 11) is 0. The molecular formula is C27H31F4N7O3. The summed E-state index contributed by atoms with van der Waals surface area (Å²) < 4.78 is 62.6. The molecule has 2 aliphatic rings. The second-order valence-corrected chi connectivity index (χ2v) is 11.8. The SMILES string of the molecule is CC(C)(C)OC(=O)N1CCC2(CC(n3nc(-c4cnn(Cc5cccc(F)c5C(F)(F)F)c4)c(C(N)=O)c3N)C2)C1. The molecule has 1 aromatic carbocycles. The lowest BCUT2D eigenvalue weighted by Crippen LogP contribution is -2.43. The van der Waals surface area contributed by atoms with Crippen LogP contribution in [0.4, 0.5) is 28.2 Å². The molecule has 1 aliphatic heterocycles. The Bertz CT molecular complexity index is 1500. The van der Waals surface area contributed by atoms with Gasteiger partial charge in [0.2, 0.25) is 0 Å². The first-order valence-corrected chi connectivity index (χ1v) is 13.1. The van der Waals surface area contributed by atoms with Gasteiger partial charge in [-0.1, -0.05) is 12.1 Å². The molecule has 14 heteroatoms. The van der Waals surface area contributed by atoms with Gasteiger partial charge >= 0.3 is 12.3 Å². The van der Waals surface area contributed by atoms with Crippen LogP contribution in [0.3, 0.4) is 0 Å². The predicted molar refractivity (Wildman–Crippen MR) is 140 cm³/mol. The average molecular weight is 578 g/mol. The number of amides is 2. The van der Waals surface area contributed by atoms with Crippen molar-refractivity contribution in [2.45, 2.75) is 64.4 Å². The molecule has 1 spiro atoms. The smallest absolute Gasteiger partial charge is 0.419 e. The van der Waals surface area contributed by atoms with Crippen LogP contribution in [0.1, 0.15) is 67.6 Å². The molecule has 0 bridgehead atoms. The first-order valence-electron chi connectivity index (χ1n) is 13.1. The van der Waals surface area contributed by atoms with Gasteiger partial charge in [0.25, 0.3) is 5.91 Å². The maximum Gasteiger partial charge on any atom is 0.419 e. The van der Waals surface area contributed by atoms with Crippen molar-refractivity contribution in [2.24, 2.45) is 11.1 Å². The molecule has 220 valence electrons. The summed E-state index contributed by atoms with van der Waals surface area (Å²) in [5.41, 5.74) is 10.0. The molecule has 3 aromatic rings. The zero-order valence-electron chi connectivity index (χ0n) is 22.8. The van der Waals surface area contributed by atoms with Crippen molar-refractivity contribution in [3.8, 4) is 11.3 Å². The summed E-state index contributed by atoms with van der Waals surface area (Å²) >= 11 is 0. The number of nitrogens with zero attached hydrogens (tertiary/aromatic N) is 5. The van der Waals surface area contributed by atoms with Crippen LogP contribution >= 0.6 is 0 Å². The van der Waals surface area contributed by atoms with Gasteiger partial charge in [-0.25, -0.2) is 13.9 Å². The second kappa shape index (κ2) is 9.77. The third-order valence-electron chi connectivity index (χ3n) is 7.59. The molecule has 1 saturated heterocycles. The molecule has 1 saturated carbocycles. The summed E-state index contributed by atoms with van der Waals surface area (Å²) in [5.74, 6) is -2.11. The molecule has 2 fully saturated rings. The molecule has 0 radical (unpaired) electrons. The molecule has 2 aromatic heterocycles. The Morgan fingerprint density at radius 2 is 1.90 bits per heavy atom. The quantitative estimate of drug-likeness (QED) is 0.426. The highest BCUT2D eigenvalue weighted by Crippen LogP contribution is 2.55. The zero-order chi connectivity index (χ0) is 29.9. The lowest BCUT2D eigenvalue weighted by Gasteiger charge is -2.45. The Morgan fingerprint density at radius 3 is 2.54 bits per heavy atom. The zero-order valence-corrected chi connectivity index (χ0v) is 22.8. The van der Waals surface area contributed by atoms with Crippen molar-refractivity contribution in [2.75, 3.05) is 18.8 Å². The van der Waals surface area contributed by atoms with E-state index in [0.717, 1.165) is 12.5 Å². The maximum atomic E-state index is 14.0. The third kappa shape index (κ3) is 5.46. The minimum absolute atomic E-state index is 0.0194. The molecule has 1 aliphatic carbocycles. The van der Waals surface area contributed by atoms with Gasteiger partial charge in [0.15, 0.2) is 0 Å². The Morgan fingerprint density at radius 1 is 1.20 bits per heavy atom. The Labute approximate surface area is 233 Å². The maximum absolute atomic E-state index is 14.0. The number of primary amides is 1. The monoisotopic (exact) mass is 577 g/mol. The predicted octanol–water partition coefficient (Wildman–Crippen LogP) is 4.60. The number of alkyl halides is 3. The molecule has 0 unspecified atom stereocenters. The number of likely N-dealkylation sites (tertiary alicyclic amines) is 1. The Balaban J connectivity index is 1.35. The van der Waals surface area contributed by atoms with Crippen molar-refractivity contribution >= 4 is 17.8 Å². The fourth-order valence-electron chi connectivity index (χ4n) is 5.80. The number of hydrogen-bond acceptors (Lipinski definition) is 6. The van der Waals surface area contributed by atoms with E-state index in [2.05, 4.69) is 10.2 Å². The van der Waals surface area contributed by atoms with Crippen LogP contribution in [0, 0.1) is 11.2 Å². The van der Waals surface area contributed by atoms with Crippen LogP contribution < -0.4 is 11.5 Å². The summed E-state index contributed by atoms with van der Waals surface area (Å²) in [6, 6.07) is 2.98. The molecule has 5 rings (SSSR count). The van der Waals surface area contributed by atoms with Crippen molar-refractivity contribution in [1.29, 1.82) is 0 Å². The minimum atomic E-state index is -4.88. The average Bonchev–Trinajstić information content (AvgIpc) is 3.53. The van der Waals surface area contributed by atoms with Gasteiger partial charge in [-0.15, -0.1) is 0 Å². The van der Waals surface area contributed by atoms with E-state index in [1.54, 1.807) is 9.58 Å². The van der Waals surface area contributed by atoms with E-state index in [1.165, 1.54) is 29.2 Å². The number of carbonyl (C=O) groups excluding carboxylic acids is 2. The third-order valence-corrected chi connectivity index (χ3v) is 7.59. The van der Waals surface area contributed by atoms with Crippen LogP contribution in [0.15, 0.2) is 30.6 Å². The van der Waals surface area contributed by atoms with Gasteiger partial charge in [-0.05, 0) is 57.1 Å². The highest BCUT2D eigenvalue weighted by atomic mass is 19.4. The number of ether oxygens (including phenoxy) is 1. The molecule has 3 heterocycles. The lowest BCUT2D eigenvalue weighted by molar-refractivity contribution is -0.140. The largest absolute Gasteiger partial charge is 0.444 e. The number of aromatic nitrogens is 4. The number of nitrogens with two attached hydrogens (primary N) is 2. The van der Waals surface area contributed by atoms with E-state index >= 15 is 0 Å². The highest BCUT2D eigenvalue weighted by Gasteiger charge is 2.51. The molecule has 0 atom stereocenters. The number of hydrogen-bond donors (Lipinski definition) is 2. The number of rotatable bonds is 5. The van der Waals surface area contributed by atoms with E-state index in [4.69, 9.17) is 16.2 Å². The van der Waals surface area contributed by atoms with E-state index in [0.29, 0.717) is 31.5 Å². The molecule has 2 amide bonds. The normalized spacial score (nSPS) is 20.9. The van der Waals surface area contributed by atoms with E-state index < -0.39 is 29.1 Å². The number of carbonyl (C=O) groups is 2. The van der Waals surface area contributed by atoms with Crippen LogP contribution in [-0.2, 0) is 17.5 Å². The van der Waals surface area contributed by atoms with Crippen LogP contribution in [-0.4, -0.2) is 55.2 Å². The standard InChI is InChI=1S/C27H31F4N7O3/c1-25(2,3)41-24(40)36-8-7-26(14-36)9-17(10-26)38-22(32)19(23(33)39)21(35-38)16-11-34-37(13-16)12-15-5-4-6-18(28)20(15)27(29,30)31/h4-6,11,13,17H,7-10,12,14,32H2,1-3H3,(H2,33,39). The van der Waals surface area contributed by atoms with Gasteiger partial charge in [-0.2, -0.15) is 23.4 Å². The van der Waals surface area contributed by atoms with Gasteiger partial charge in [-0.3, -0.25) is 9.48 Å². The number of halogens is 4. The Kier molecular flexibility index (Phi) is 6.77. The molecular weight excluding hydrogens is 546 g/mol. The first-order chi connectivity index (χ1) is 19.1. The van der Waals surface area contributed by atoms with E-state index in [-0.39, 0.29) is 46.7 Å². The van der Waals surface area contributed by atoms with Crippen molar-refractivity contribution in [3.63, 3.8) is 0 Å². The van der Waals surface area contributed by atoms with Crippen molar-refractivity contribution < 1.29 is 31.9 Å². The van der Waals surface area contributed by atoms with Gasteiger partial charge < -0.3 is 21.1 Å². The second-order valence-electron chi connectivity index (χ2n) is 11.8. The van der Waals surface area contributed by atoms with Gasteiger partial charge in [0, 0.05) is 24.8 Å².